The minimum Gasteiger partial charge on any atom is -0.465 e. The number of anilines is 1. The van der Waals surface area contributed by atoms with Crippen LogP contribution in [0.15, 0.2) is 18.2 Å². The summed E-state index contributed by atoms with van der Waals surface area (Å²) in [6.07, 6.45) is 7.18. The maximum Gasteiger partial charge on any atom is 0.339 e. The van der Waals surface area contributed by atoms with Crippen molar-refractivity contribution in [3.8, 4) is 11.4 Å². The molecule has 132 valence electrons. The number of aromatic amines is 1. The van der Waals surface area contributed by atoms with Crippen molar-refractivity contribution in [1.82, 2.24) is 15.2 Å². The molecule has 6 heteroatoms. The van der Waals surface area contributed by atoms with E-state index in [1.54, 1.807) is 0 Å². The van der Waals surface area contributed by atoms with Gasteiger partial charge in [0.15, 0.2) is 5.82 Å². The number of carbonyl (C=O) groups excluding carboxylic acids is 1. The maximum absolute atomic E-state index is 12.2. The summed E-state index contributed by atoms with van der Waals surface area (Å²) in [5, 5.41) is 8.58. The Bertz CT molecular complexity index is 759. The highest BCUT2D eigenvalue weighted by molar-refractivity contribution is 5.96. The molecular formula is C19H24N4O2. The normalized spacial score (nSPS) is 18.0. The number of aromatic nitrogens is 3. The Balaban J connectivity index is 1.70. The fourth-order valence-corrected chi connectivity index (χ4v) is 3.48. The number of nitrogens with zero attached hydrogens (tertiary/aromatic N) is 3. The molecule has 1 aromatic heterocycles. The van der Waals surface area contributed by atoms with Crippen LogP contribution in [0.1, 0.15) is 60.6 Å². The predicted octanol–water partition coefficient (Wildman–Crippen LogP) is 3.52. The van der Waals surface area contributed by atoms with Crippen molar-refractivity contribution in [2.24, 2.45) is 0 Å². The summed E-state index contributed by atoms with van der Waals surface area (Å²) in [6.45, 7) is 1.94. The summed E-state index contributed by atoms with van der Waals surface area (Å²) in [7, 11) is 1.43. The Morgan fingerprint density at radius 3 is 2.60 bits per heavy atom. The van der Waals surface area contributed by atoms with Crippen LogP contribution in [0, 0.1) is 0 Å². The zero-order valence-corrected chi connectivity index (χ0v) is 14.6. The average Bonchev–Trinajstić information content (AvgIpc) is 3.44. The number of H-pyrrole nitrogens is 1. The molecule has 0 unspecified atom stereocenters. The molecule has 1 N–H and O–H groups in total. The summed E-state index contributed by atoms with van der Waals surface area (Å²) in [6, 6.07) is 5.82. The van der Waals surface area contributed by atoms with Crippen molar-refractivity contribution in [3.05, 3.63) is 29.6 Å². The molecule has 2 aromatic rings. The second-order valence-electron chi connectivity index (χ2n) is 6.96. The van der Waals surface area contributed by atoms with Gasteiger partial charge in [0.2, 0.25) is 0 Å². The zero-order chi connectivity index (χ0) is 17.2. The molecule has 1 aliphatic carbocycles. The Labute approximate surface area is 147 Å². The van der Waals surface area contributed by atoms with Gasteiger partial charge in [0.25, 0.3) is 0 Å². The van der Waals surface area contributed by atoms with Gasteiger partial charge < -0.3 is 14.6 Å². The van der Waals surface area contributed by atoms with E-state index < -0.39 is 0 Å². The third kappa shape index (κ3) is 3.38. The van der Waals surface area contributed by atoms with Gasteiger partial charge in [0.05, 0.1) is 18.4 Å². The largest absolute Gasteiger partial charge is 0.465 e. The number of nitrogens with one attached hydrogen (secondary N) is 1. The first-order chi connectivity index (χ1) is 12.3. The van der Waals surface area contributed by atoms with Gasteiger partial charge in [-0.15, -0.1) is 10.2 Å². The van der Waals surface area contributed by atoms with Crippen molar-refractivity contribution >= 4 is 11.7 Å². The van der Waals surface area contributed by atoms with Crippen LogP contribution >= 0.6 is 0 Å². The predicted molar refractivity (Wildman–Crippen MR) is 95.8 cm³/mol. The average molecular weight is 340 g/mol. The van der Waals surface area contributed by atoms with Crippen LogP contribution in [0.2, 0.25) is 0 Å². The lowest BCUT2D eigenvalue weighted by molar-refractivity contribution is 0.0601. The molecule has 1 saturated heterocycles. The monoisotopic (exact) mass is 340 g/mol. The molecule has 0 spiro atoms. The summed E-state index contributed by atoms with van der Waals surface area (Å²) >= 11 is 0. The van der Waals surface area contributed by atoms with Crippen molar-refractivity contribution < 1.29 is 9.53 Å². The van der Waals surface area contributed by atoms with E-state index in [1.165, 1.54) is 32.8 Å². The van der Waals surface area contributed by atoms with Crippen molar-refractivity contribution in [2.75, 3.05) is 25.1 Å². The molecule has 0 amide bonds. The Hall–Kier alpha value is -2.37. The highest BCUT2D eigenvalue weighted by Gasteiger charge is 2.27. The minimum absolute atomic E-state index is 0.290. The van der Waals surface area contributed by atoms with E-state index in [0.717, 1.165) is 48.8 Å². The van der Waals surface area contributed by atoms with Crippen LogP contribution in [0.3, 0.4) is 0 Å². The van der Waals surface area contributed by atoms with Gasteiger partial charge in [0, 0.05) is 24.6 Å². The van der Waals surface area contributed by atoms with E-state index >= 15 is 0 Å². The number of rotatable bonds is 4. The summed E-state index contributed by atoms with van der Waals surface area (Å²) in [5.74, 6) is 2.00. The summed E-state index contributed by atoms with van der Waals surface area (Å²) < 4.78 is 4.99. The van der Waals surface area contributed by atoms with Crippen molar-refractivity contribution in [2.45, 2.75) is 44.4 Å². The topological polar surface area (TPSA) is 71.1 Å². The van der Waals surface area contributed by atoms with Crippen LogP contribution < -0.4 is 4.90 Å². The van der Waals surface area contributed by atoms with E-state index in [2.05, 4.69) is 26.1 Å². The number of benzene rings is 1. The first-order valence-electron chi connectivity index (χ1n) is 9.16. The van der Waals surface area contributed by atoms with Gasteiger partial charge in [-0.05, 0) is 37.8 Å². The molecule has 25 heavy (non-hydrogen) atoms. The fourth-order valence-electron chi connectivity index (χ4n) is 3.48. The number of ether oxygens (including phenoxy) is 1. The third-order valence-electron chi connectivity index (χ3n) is 5.09. The molecule has 0 radical (unpaired) electrons. The lowest BCUT2D eigenvalue weighted by atomic mass is 10.1. The number of methoxy groups -OCH3 is 1. The van der Waals surface area contributed by atoms with Crippen LogP contribution in [0.4, 0.5) is 5.69 Å². The van der Waals surface area contributed by atoms with Gasteiger partial charge in [-0.1, -0.05) is 18.9 Å². The van der Waals surface area contributed by atoms with Gasteiger partial charge >= 0.3 is 5.97 Å². The van der Waals surface area contributed by atoms with Crippen LogP contribution in [0.5, 0.6) is 0 Å². The van der Waals surface area contributed by atoms with Crippen molar-refractivity contribution in [3.63, 3.8) is 0 Å². The van der Waals surface area contributed by atoms with Crippen LogP contribution in [-0.2, 0) is 4.74 Å². The highest BCUT2D eigenvalue weighted by atomic mass is 16.5. The highest BCUT2D eigenvalue weighted by Crippen LogP contribution is 2.38. The molecule has 0 bridgehead atoms. The fraction of sp³-hybridized carbons (Fsp3) is 0.526. The van der Waals surface area contributed by atoms with E-state index in [4.69, 9.17) is 4.74 Å². The summed E-state index contributed by atoms with van der Waals surface area (Å²) in [5.41, 5.74) is 2.53. The second-order valence-corrected chi connectivity index (χ2v) is 6.96. The molecular weight excluding hydrogens is 316 g/mol. The SMILES string of the molecule is COC(=O)c1ccc(-c2nnc(C3CC3)[nH]2)cc1N1CCCCCC1. The number of carbonyl (C=O) groups is 1. The number of hydrogen-bond acceptors (Lipinski definition) is 5. The van der Waals surface area contributed by atoms with Crippen LogP contribution in [-0.4, -0.2) is 41.3 Å². The van der Waals surface area contributed by atoms with E-state index in [1.807, 2.05) is 12.1 Å². The molecule has 2 aliphatic rings. The molecule has 6 nitrogen and oxygen atoms in total. The molecule has 1 saturated carbocycles. The Morgan fingerprint density at radius 1 is 1.16 bits per heavy atom. The number of hydrogen-bond donors (Lipinski definition) is 1. The van der Waals surface area contributed by atoms with Gasteiger partial charge in [0.1, 0.15) is 5.82 Å². The molecule has 0 atom stereocenters. The van der Waals surface area contributed by atoms with Gasteiger partial charge in [-0.2, -0.15) is 0 Å². The Morgan fingerprint density at radius 2 is 1.92 bits per heavy atom. The first-order valence-corrected chi connectivity index (χ1v) is 9.16. The van der Waals surface area contributed by atoms with E-state index in [-0.39, 0.29) is 5.97 Å². The van der Waals surface area contributed by atoms with E-state index in [0.29, 0.717) is 11.5 Å². The minimum atomic E-state index is -0.290. The second kappa shape index (κ2) is 6.86. The molecule has 2 heterocycles. The van der Waals surface area contributed by atoms with E-state index in [9.17, 15) is 4.79 Å². The van der Waals surface area contributed by atoms with Gasteiger partial charge in [-0.25, -0.2) is 4.79 Å². The summed E-state index contributed by atoms with van der Waals surface area (Å²) in [4.78, 5) is 17.9. The van der Waals surface area contributed by atoms with Crippen molar-refractivity contribution in [1.29, 1.82) is 0 Å². The standard InChI is InChI=1S/C19H24N4O2/c1-25-19(24)15-9-8-14(18-20-17(21-22-18)13-6-7-13)12-16(15)23-10-4-2-3-5-11-23/h8-9,12-13H,2-7,10-11H2,1H3,(H,20,21,22). The lowest BCUT2D eigenvalue weighted by Gasteiger charge is -2.25. The first kappa shape index (κ1) is 16.1. The lowest BCUT2D eigenvalue weighted by Crippen LogP contribution is -2.26. The van der Waals surface area contributed by atoms with Gasteiger partial charge in [-0.3, -0.25) is 0 Å². The molecule has 2 fully saturated rings. The quantitative estimate of drug-likeness (QED) is 0.862. The molecule has 1 aliphatic heterocycles. The zero-order valence-electron chi connectivity index (χ0n) is 14.6. The Kier molecular flexibility index (Phi) is 4.42. The smallest absolute Gasteiger partial charge is 0.339 e. The maximum atomic E-state index is 12.2. The third-order valence-corrected chi connectivity index (χ3v) is 5.09. The molecule has 4 rings (SSSR count). The van der Waals surface area contributed by atoms with Crippen LogP contribution in [0.25, 0.3) is 11.4 Å². The number of esters is 1. The molecule has 1 aromatic carbocycles.